The summed E-state index contributed by atoms with van der Waals surface area (Å²) in [6.07, 6.45) is 3.83. The van der Waals surface area contributed by atoms with Crippen molar-refractivity contribution in [1.29, 1.82) is 0 Å². The number of amides is 1. The van der Waals surface area contributed by atoms with Gasteiger partial charge in [-0.05, 0) is 53.6 Å². The average Bonchev–Trinajstić information content (AvgIpc) is 3.31. The zero-order chi connectivity index (χ0) is 23.9. The molecular weight excluding hydrogens is 426 g/mol. The SMILES string of the molecule is COc1ccc(-c2cnc(CCC(=O)NCc3ccc(CN4CC(C)CC(C)C4)cc3)o2)cc1. The third-order valence-electron chi connectivity index (χ3n) is 6.36. The van der Waals surface area contributed by atoms with Crippen molar-refractivity contribution >= 4 is 5.91 Å². The summed E-state index contributed by atoms with van der Waals surface area (Å²) in [6.45, 7) is 8.56. The van der Waals surface area contributed by atoms with E-state index < -0.39 is 0 Å². The summed E-state index contributed by atoms with van der Waals surface area (Å²) in [7, 11) is 1.64. The van der Waals surface area contributed by atoms with Crippen molar-refractivity contribution in [3.05, 3.63) is 71.7 Å². The molecule has 1 saturated heterocycles. The lowest BCUT2D eigenvalue weighted by Gasteiger charge is -2.35. The number of hydrogen-bond donors (Lipinski definition) is 1. The summed E-state index contributed by atoms with van der Waals surface area (Å²) in [5.74, 6) is 3.57. The van der Waals surface area contributed by atoms with Crippen LogP contribution in [0, 0.1) is 11.8 Å². The minimum atomic E-state index is -0.00966. The highest BCUT2D eigenvalue weighted by Gasteiger charge is 2.21. The lowest BCUT2D eigenvalue weighted by Crippen LogP contribution is -2.38. The van der Waals surface area contributed by atoms with E-state index in [2.05, 4.69) is 53.3 Å². The Hall–Kier alpha value is -3.12. The number of oxazole rings is 1. The normalized spacial score (nSPS) is 18.6. The molecule has 1 aliphatic heterocycles. The van der Waals surface area contributed by atoms with Crippen molar-refractivity contribution in [1.82, 2.24) is 15.2 Å². The second-order valence-corrected chi connectivity index (χ2v) is 9.58. The van der Waals surface area contributed by atoms with Crippen molar-refractivity contribution in [3.8, 4) is 17.1 Å². The molecule has 0 saturated carbocycles. The van der Waals surface area contributed by atoms with E-state index in [1.807, 2.05) is 24.3 Å². The van der Waals surface area contributed by atoms with Gasteiger partial charge in [-0.15, -0.1) is 0 Å². The third kappa shape index (κ3) is 6.70. The van der Waals surface area contributed by atoms with Crippen LogP contribution in [-0.2, 0) is 24.3 Å². The van der Waals surface area contributed by atoms with Crippen LogP contribution in [0.25, 0.3) is 11.3 Å². The van der Waals surface area contributed by atoms with Gasteiger partial charge in [0.15, 0.2) is 11.7 Å². The van der Waals surface area contributed by atoms with E-state index in [0.717, 1.165) is 35.3 Å². The summed E-state index contributed by atoms with van der Waals surface area (Å²) in [5.41, 5.74) is 3.36. The summed E-state index contributed by atoms with van der Waals surface area (Å²) >= 11 is 0. The number of nitrogens with zero attached hydrogens (tertiary/aromatic N) is 2. The minimum absolute atomic E-state index is 0.00966. The predicted octanol–water partition coefficient (Wildman–Crippen LogP) is 5.08. The molecule has 0 aliphatic carbocycles. The Labute approximate surface area is 202 Å². The number of ether oxygens (including phenoxy) is 1. The molecule has 1 aliphatic rings. The van der Waals surface area contributed by atoms with Gasteiger partial charge in [-0.3, -0.25) is 9.69 Å². The molecule has 180 valence electrons. The fraction of sp³-hybridized carbons (Fsp3) is 0.429. The molecule has 6 heteroatoms. The Morgan fingerprint density at radius 3 is 2.41 bits per heavy atom. The number of likely N-dealkylation sites (tertiary alicyclic amines) is 1. The van der Waals surface area contributed by atoms with Crippen molar-refractivity contribution in [2.45, 2.75) is 46.2 Å². The van der Waals surface area contributed by atoms with Crippen LogP contribution in [0.4, 0.5) is 0 Å². The molecule has 0 radical (unpaired) electrons. The number of rotatable bonds is 9. The molecule has 1 aromatic heterocycles. The van der Waals surface area contributed by atoms with Gasteiger partial charge in [0.25, 0.3) is 0 Å². The summed E-state index contributed by atoms with van der Waals surface area (Å²) in [4.78, 5) is 19.2. The number of carbonyl (C=O) groups is 1. The van der Waals surface area contributed by atoms with Gasteiger partial charge in [-0.2, -0.15) is 0 Å². The molecular formula is C28H35N3O3. The fourth-order valence-electron chi connectivity index (χ4n) is 4.77. The molecule has 1 fully saturated rings. The van der Waals surface area contributed by atoms with Gasteiger partial charge in [0.1, 0.15) is 5.75 Å². The first kappa shape index (κ1) is 24.0. The van der Waals surface area contributed by atoms with Crippen LogP contribution < -0.4 is 10.1 Å². The molecule has 6 nitrogen and oxygen atoms in total. The Kier molecular flexibility index (Phi) is 8.01. The molecule has 2 unspecified atom stereocenters. The zero-order valence-corrected chi connectivity index (χ0v) is 20.4. The minimum Gasteiger partial charge on any atom is -0.497 e. The van der Waals surface area contributed by atoms with E-state index in [4.69, 9.17) is 9.15 Å². The van der Waals surface area contributed by atoms with Gasteiger partial charge in [0, 0.05) is 44.6 Å². The molecule has 4 rings (SSSR count). The smallest absolute Gasteiger partial charge is 0.220 e. The Balaban J connectivity index is 1.20. The molecule has 2 heterocycles. The third-order valence-corrected chi connectivity index (χ3v) is 6.36. The van der Waals surface area contributed by atoms with Crippen molar-refractivity contribution in [2.75, 3.05) is 20.2 Å². The molecule has 1 N–H and O–H groups in total. The molecule has 2 atom stereocenters. The van der Waals surface area contributed by atoms with Crippen LogP contribution in [-0.4, -0.2) is 36.0 Å². The Morgan fingerprint density at radius 1 is 1.06 bits per heavy atom. The first-order valence-electron chi connectivity index (χ1n) is 12.1. The van der Waals surface area contributed by atoms with Crippen LogP contribution in [0.2, 0.25) is 0 Å². The topological polar surface area (TPSA) is 67.6 Å². The lowest BCUT2D eigenvalue weighted by atomic mass is 9.91. The van der Waals surface area contributed by atoms with Crippen LogP contribution >= 0.6 is 0 Å². The van der Waals surface area contributed by atoms with Gasteiger partial charge >= 0.3 is 0 Å². The van der Waals surface area contributed by atoms with E-state index in [-0.39, 0.29) is 5.91 Å². The van der Waals surface area contributed by atoms with E-state index >= 15 is 0 Å². The van der Waals surface area contributed by atoms with E-state index in [1.165, 1.54) is 25.1 Å². The van der Waals surface area contributed by atoms with E-state index in [0.29, 0.717) is 31.0 Å². The predicted molar refractivity (Wildman–Crippen MR) is 133 cm³/mol. The average molecular weight is 462 g/mol. The standard InChI is InChI=1S/C28H35N3O3/c1-20-14-21(2)18-31(17-20)19-23-6-4-22(5-7-23)15-29-27(32)12-13-28-30-16-26(34-28)24-8-10-25(33-3)11-9-24/h4-11,16,20-21H,12-15,17-19H2,1-3H3,(H,29,32). The van der Waals surface area contributed by atoms with Gasteiger partial charge in [0.2, 0.25) is 5.91 Å². The summed E-state index contributed by atoms with van der Waals surface area (Å²) in [6, 6.07) is 16.2. The number of nitrogens with one attached hydrogen (secondary N) is 1. The van der Waals surface area contributed by atoms with Crippen LogP contribution in [0.3, 0.4) is 0 Å². The van der Waals surface area contributed by atoms with E-state index in [1.54, 1.807) is 13.3 Å². The van der Waals surface area contributed by atoms with Crippen LogP contribution in [0.15, 0.2) is 59.1 Å². The first-order chi connectivity index (χ1) is 16.5. The Bertz CT molecular complexity index is 1050. The maximum atomic E-state index is 12.3. The number of hydrogen-bond acceptors (Lipinski definition) is 5. The number of methoxy groups -OCH3 is 1. The van der Waals surface area contributed by atoms with Crippen LogP contribution in [0.1, 0.15) is 43.7 Å². The molecule has 0 spiro atoms. The second kappa shape index (κ2) is 11.3. The highest BCUT2D eigenvalue weighted by molar-refractivity contribution is 5.76. The number of aryl methyl sites for hydroxylation is 1. The van der Waals surface area contributed by atoms with E-state index in [9.17, 15) is 4.79 Å². The van der Waals surface area contributed by atoms with Gasteiger partial charge < -0.3 is 14.5 Å². The maximum absolute atomic E-state index is 12.3. The lowest BCUT2D eigenvalue weighted by molar-refractivity contribution is -0.121. The highest BCUT2D eigenvalue weighted by Crippen LogP contribution is 2.24. The quantitative estimate of drug-likeness (QED) is 0.481. The Morgan fingerprint density at radius 2 is 1.74 bits per heavy atom. The van der Waals surface area contributed by atoms with Crippen molar-refractivity contribution in [2.24, 2.45) is 11.8 Å². The molecule has 0 bridgehead atoms. The van der Waals surface area contributed by atoms with Gasteiger partial charge in [-0.1, -0.05) is 38.1 Å². The number of aromatic nitrogens is 1. The van der Waals surface area contributed by atoms with Crippen molar-refractivity contribution in [3.63, 3.8) is 0 Å². The number of carbonyl (C=O) groups excluding carboxylic acids is 1. The molecule has 2 aromatic carbocycles. The highest BCUT2D eigenvalue weighted by atomic mass is 16.5. The largest absolute Gasteiger partial charge is 0.497 e. The van der Waals surface area contributed by atoms with Gasteiger partial charge in [0.05, 0.1) is 13.3 Å². The van der Waals surface area contributed by atoms with Gasteiger partial charge in [-0.25, -0.2) is 4.98 Å². The fourth-order valence-corrected chi connectivity index (χ4v) is 4.77. The molecule has 1 amide bonds. The maximum Gasteiger partial charge on any atom is 0.220 e. The van der Waals surface area contributed by atoms with Crippen molar-refractivity contribution < 1.29 is 13.9 Å². The summed E-state index contributed by atoms with van der Waals surface area (Å²) in [5, 5.41) is 3.00. The number of piperidine rings is 1. The number of benzene rings is 2. The monoisotopic (exact) mass is 461 g/mol. The summed E-state index contributed by atoms with van der Waals surface area (Å²) < 4.78 is 11.0. The first-order valence-corrected chi connectivity index (χ1v) is 12.1. The second-order valence-electron chi connectivity index (χ2n) is 9.58. The zero-order valence-electron chi connectivity index (χ0n) is 20.4. The molecule has 3 aromatic rings. The van der Waals surface area contributed by atoms with Crippen LogP contribution in [0.5, 0.6) is 5.75 Å². The molecule has 34 heavy (non-hydrogen) atoms.